The van der Waals surface area contributed by atoms with Gasteiger partial charge in [0.15, 0.2) is 0 Å². The predicted molar refractivity (Wildman–Crippen MR) is 105 cm³/mol. The van der Waals surface area contributed by atoms with Crippen molar-refractivity contribution < 1.29 is 19.2 Å². The molecule has 7 nitrogen and oxygen atoms in total. The summed E-state index contributed by atoms with van der Waals surface area (Å²) in [6, 6.07) is 12.2. The van der Waals surface area contributed by atoms with E-state index in [1.165, 1.54) is 25.3 Å². The molecule has 0 bridgehead atoms. The second-order valence-electron chi connectivity index (χ2n) is 5.68. The Hall–Kier alpha value is -2.87. The lowest BCUT2D eigenvalue weighted by atomic mass is 9.98. The summed E-state index contributed by atoms with van der Waals surface area (Å²) in [6.07, 6.45) is 2.33. The van der Waals surface area contributed by atoms with Crippen LogP contribution in [0.25, 0.3) is 11.1 Å². The Morgan fingerprint density at radius 3 is 2.52 bits per heavy atom. The number of non-ortho nitro benzene ring substituents is 1. The van der Waals surface area contributed by atoms with Crippen molar-refractivity contribution in [1.29, 1.82) is 0 Å². The van der Waals surface area contributed by atoms with E-state index in [9.17, 15) is 19.7 Å². The average molecular weight is 388 g/mol. The normalized spacial score (nSPS) is 11.5. The standard InChI is InChI=1S/C19H20N2O5S/c1-26-19(23)17(10-11-27-2)20-18(22)15-9-8-14(21(24)25)12-16(15)13-6-4-3-5-7-13/h3-9,12,17H,10-11H2,1-2H3,(H,20,22). The number of nitro benzene ring substituents is 1. The summed E-state index contributed by atoms with van der Waals surface area (Å²) in [5.74, 6) is -0.341. The van der Waals surface area contributed by atoms with Crippen molar-refractivity contribution in [3.63, 3.8) is 0 Å². The van der Waals surface area contributed by atoms with Gasteiger partial charge in [-0.25, -0.2) is 4.79 Å². The van der Waals surface area contributed by atoms with Gasteiger partial charge in [0.2, 0.25) is 0 Å². The number of nitrogens with one attached hydrogen (secondary N) is 1. The predicted octanol–water partition coefficient (Wildman–Crippen LogP) is 3.29. The summed E-state index contributed by atoms with van der Waals surface area (Å²) in [7, 11) is 1.27. The third-order valence-electron chi connectivity index (χ3n) is 3.95. The van der Waals surface area contributed by atoms with Crippen LogP contribution in [-0.4, -0.2) is 42.0 Å². The Morgan fingerprint density at radius 1 is 1.22 bits per heavy atom. The van der Waals surface area contributed by atoms with E-state index in [2.05, 4.69) is 5.32 Å². The number of nitro groups is 1. The number of ether oxygens (including phenoxy) is 1. The molecule has 0 heterocycles. The zero-order chi connectivity index (χ0) is 19.8. The van der Waals surface area contributed by atoms with Crippen molar-refractivity contribution >= 4 is 29.3 Å². The Kier molecular flexibility index (Phi) is 7.36. The smallest absolute Gasteiger partial charge is 0.328 e. The first kappa shape index (κ1) is 20.4. The molecule has 1 N–H and O–H groups in total. The fourth-order valence-corrected chi connectivity index (χ4v) is 3.03. The van der Waals surface area contributed by atoms with Gasteiger partial charge in [-0.3, -0.25) is 14.9 Å². The summed E-state index contributed by atoms with van der Waals surface area (Å²) >= 11 is 1.55. The molecule has 0 aliphatic rings. The molecule has 1 atom stereocenters. The van der Waals surface area contributed by atoms with Crippen LogP contribution < -0.4 is 5.32 Å². The number of nitrogens with zero attached hydrogens (tertiary/aromatic N) is 1. The van der Waals surface area contributed by atoms with Crippen molar-refractivity contribution in [3.8, 4) is 11.1 Å². The molecule has 0 radical (unpaired) electrons. The van der Waals surface area contributed by atoms with E-state index in [-0.39, 0.29) is 11.3 Å². The lowest BCUT2D eigenvalue weighted by Gasteiger charge is -2.17. The van der Waals surface area contributed by atoms with Crippen LogP contribution in [0.4, 0.5) is 5.69 Å². The number of benzene rings is 2. The van der Waals surface area contributed by atoms with Gasteiger partial charge >= 0.3 is 5.97 Å². The first-order chi connectivity index (χ1) is 13.0. The Morgan fingerprint density at radius 2 is 1.93 bits per heavy atom. The number of carbonyl (C=O) groups is 2. The number of amides is 1. The highest BCUT2D eigenvalue weighted by Gasteiger charge is 2.24. The van der Waals surface area contributed by atoms with E-state index in [1.54, 1.807) is 36.0 Å². The molecule has 0 aliphatic carbocycles. The number of methoxy groups -OCH3 is 1. The fourth-order valence-electron chi connectivity index (χ4n) is 2.56. The number of hydrogen-bond donors (Lipinski definition) is 1. The van der Waals surface area contributed by atoms with Crippen LogP contribution in [0.2, 0.25) is 0 Å². The number of thioether (sulfide) groups is 1. The van der Waals surface area contributed by atoms with Crippen LogP contribution in [0.15, 0.2) is 48.5 Å². The molecule has 1 unspecified atom stereocenters. The minimum absolute atomic E-state index is 0.114. The molecule has 1 amide bonds. The van der Waals surface area contributed by atoms with Crippen molar-refractivity contribution in [2.24, 2.45) is 0 Å². The molecule has 0 spiro atoms. The zero-order valence-corrected chi connectivity index (χ0v) is 15.8. The van der Waals surface area contributed by atoms with Gasteiger partial charge < -0.3 is 10.1 Å². The molecular formula is C19H20N2O5S. The first-order valence-corrected chi connectivity index (χ1v) is 9.58. The van der Waals surface area contributed by atoms with E-state index >= 15 is 0 Å². The third kappa shape index (κ3) is 5.30. The van der Waals surface area contributed by atoms with Crippen LogP contribution in [0.3, 0.4) is 0 Å². The molecule has 0 aromatic heterocycles. The molecular weight excluding hydrogens is 368 g/mol. The monoisotopic (exact) mass is 388 g/mol. The fraction of sp³-hybridized carbons (Fsp3) is 0.263. The van der Waals surface area contributed by atoms with Crippen LogP contribution in [0, 0.1) is 10.1 Å². The first-order valence-electron chi connectivity index (χ1n) is 8.19. The second-order valence-corrected chi connectivity index (χ2v) is 6.67. The van der Waals surface area contributed by atoms with Crippen LogP contribution in [-0.2, 0) is 9.53 Å². The van der Waals surface area contributed by atoms with Gasteiger partial charge in [-0.15, -0.1) is 0 Å². The molecule has 2 aromatic rings. The SMILES string of the molecule is COC(=O)C(CCSC)NC(=O)c1ccc([N+](=O)[O-])cc1-c1ccccc1. The van der Waals surface area contributed by atoms with Gasteiger partial charge in [-0.05, 0) is 30.1 Å². The summed E-state index contributed by atoms with van der Waals surface area (Å²) in [5, 5.41) is 13.8. The maximum Gasteiger partial charge on any atom is 0.328 e. The van der Waals surface area contributed by atoms with E-state index in [0.29, 0.717) is 23.3 Å². The highest BCUT2D eigenvalue weighted by molar-refractivity contribution is 7.98. The van der Waals surface area contributed by atoms with E-state index in [4.69, 9.17) is 4.74 Å². The summed E-state index contributed by atoms with van der Waals surface area (Å²) in [6.45, 7) is 0. The van der Waals surface area contributed by atoms with Gasteiger partial charge in [0, 0.05) is 23.3 Å². The molecule has 8 heteroatoms. The average Bonchev–Trinajstić information content (AvgIpc) is 2.70. The maximum atomic E-state index is 12.8. The molecule has 0 saturated carbocycles. The minimum atomic E-state index is -0.784. The molecule has 142 valence electrons. The van der Waals surface area contributed by atoms with Gasteiger partial charge in [-0.2, -0.15) is 11.8 Å². The highest BCUT2D eigenvalue weighted by atomic mass is 32.2. The van der Waals surface area contributed by atoms with Crippen LogP contribution >= 0.6 is 11.8 Å². The van der Waals surface area contributed by atoms with Crippen molar-refractivity contribution in [2.45, 2.75) is 12.5 Å². The lowest BCUT2D eigenvalue weighted by molar-refractivity contribution is -0.384. The summed E-state index contributed by atoms with van der Waals surface area (Å²) in [4.78, 5) is 35.4. The molecule has 27 heavy (non-hydrogen) atoms. The maximum absolute atomic E-state index is 12.8. The summed E-state index contributed by atoms with van der Waals surface area (Å²) < 4.78 is 4.76. The molecule has 2 rings (SSSR count). The third-order valence-corrected chi connectivity index (χ3v) is 4.59. The van der Waals surface area contributed by atoms with Gasteiger partial charge in [0.1, 0.15) is 6.04 Å². The largest absolute Gasteiger partial charge is 0.467 e. The van der Waals surface area contributed by atoms with E-state index in [1.807, 2.05) is 12.3 Å². The summed E-state index contributed by atoms with van der Waals surface area (Å²) in [5.41, 5.74) is 1.24. The van der Waals surface area contributed by atoms with E-state index in [0.717, 1.165) is 0 Å². The highest BCUT2D eigenvalue weighted by Crippen LogP contribution is 2.28. The lowest BCUT2D eigenvalue weighted by Crippen LogP contribution is -2.42. The Bertz CT molecular complexity index is 826. The van der Waals surface area contributed by atoms with Gasteiger partial charge in [0.05, 0.1) is 12.0 Å². The zero-order valence-electron chi connectivity index (χ0n) is 15.0. The molecule has 0 aliphatic heterocycles. The van der Waals surface area contributed by atoms with Crippen LogP contribution in [0.5, 0.6) is 0 Å². The van der Waals surface area contributed by atoms with Crippen molar-refractivity contribution in [3.05, 3.63) is 64.2 Å². The number of rotatable bonds is 8. The quantitative estimate of drug-likeness (QED) is 0.423. The second kappa shape index (κ2) is 9.72. The molecule has 0 saturated heterocycles. The van der Waals surface area contributed by atoms with Gasteiger partial charge in [0.25, 0.3) is 11.6 Å². The minimum Gasteiger partial charge on any atom is -0.467 e. The topological polar surface area (TPSA) is 98.5 Å². The number of esters is 1. The van der Waals surface area contributed by atoms with E-state index < -0.39 is 22.8 Å². The number of carbonyl (C=O) groups excluding carboxylic acids is 2. The van der Waals surface area contributed by atoms with Crippen LogP contribution in [0.1, 0.15) is 16.8 Å². The molecule has 0 fully saturated rings. The molecule has 2 aromatic carbocycles. The Labute approximate surface area is 161 Å². The Balaban J connectivity index is 2.39. The van der Waals surface area contributed by atoms with Crippen molar-refractivity contribution in [2.75, 3.05) is 19.1 Å². The number of hydrogen-bond acceptors (Lipinski definition) is 6. The van der Waals surface area contributed by atoms with Gasteiger partial charge in [-0.1, -0.05) is 30.3 Å². The van der Waals surface area contributed by atoms with Crippen molar-refractivity contribution in [1.82, 2.24) is 5.32 Å².